The molecule has 9 nitrogen and oxygen atoms in total. The fourth-order valence-electron chi connectivity index (χ4n) is 4.43. The summed E-state index contributed by atoms with van der Waals surface area (Å²) in [6.07, 6.45) is 1.60. The molecule has 198 valence electrons. The number of hydrogen-bond donors (Lipinski definition) is 0. The number of nitro benzene ring substituents is 1. The van der Waals surface area contributed by atoms with E-state index in [4.69, 9.17) is 20.8 Å². The minimum Gasteiger partial charge on any atom is -0.463 e. The normalized spacial score (nSPS) is 15.2. The smallest absolute Gasteiger partial charge is 0.338 e. The van der Waals surface area contributed by atoms with Gasteiger partial charge in [-0.15, -0.1) is 0 Å². The van der Waals surface area contributed by atoms with Crippen molar-refractivity contribution in [3.05, 3.63) is 118 Å². The molecule has 0 unspecified atom stereocenters. The highest BCUT2D eigenvalue weighted by atomic mass is 35.5. The molecule has 0 saturated carbocycles. The van der Waals surface area contributed by atoms with Crippen LogP contribution in [-0.2, 0) is 9.53 Å². The van der Waals surface area contributed by atoms with E-state index in [1.807, 2.05) is 0 Å². The number of hydrogen-bond acceptors (Lipinski definition) is 8. The summed E-state index contributed by atoms with van der Waals surface area (Å²) in [5.74, 6) is 0.273. The van der Waals surface area contributed by atoms with Gasteiger partial charge in [-0.25, -0.2) is 9.79 Å². The number of esters is 1. The first kappa shape index (κ1) is 26.3. The predicted molar refractivity (Wildman–Crippen MR) is 147 cm³/mol. The van der Waals surface area contributed by atoms with Gasteiger partial charge in [0.15, 0.2) is 4.80 Å². The predicted octanol–water partition coefficient (Wildman–Crippen LogP) is 4.93. The van der Waals surface area contributed by atoms with E-state index in [2.05, 4.69) is 4.99 Å². The van der Waals surface area contributed by atoms with Gasteiger partial charge in [0.05, 0.1) is 33.4 Å². The van der Waals surface area contributed by atoms with E-state index in [1.165, 1.54) is 22.0 Å². The Morgan fingerprint density at radius 2 is 1.95 bits per heavy atom. The quantitative estimate of drug-likeness (QED) is 0.186. The molecule has 0 amide bonds. The van der Waals surface area contributed by atoms with Crippen LogP contribution in [0.4, 0.5) is 5.69 Å². The Morgan fingerprint density at radius 1 is 1.21 bits per heavy atom. The zero-order valence-electron chi connectivity index (χ0n) is 21.1. The molecule has 0 aliphatic carbocycles. The van der Waals surface area contributed by atoms with Crippen LogP contribution in [-0.4, -0.2) is 22.1 Å². The molecule has 0 bridgehead atoms. The van der Waals surface area contributed by atoms with Crippen molar-refractivity contribution in [1.82, 2.24) is 4.57 Å². The Balaban J connectivity index is 1.61. The second kappa shape index (κ2) is 10.5. The van der Waals surface area contributed by atoms with Gasteiger partial charge in [-0.1, -0.05) is 47.2 Å². The number of carbonyl (C=O) groups excluding carboxylic acids is 1. The van der Waals surface area contributed by atoms with Crippen molar-refractivity contribution in [2.45, 2.75) is 26.8 Å². The van der Waals surface area contributed by atoms with Gasteiger partial charge in [0.25, 0.3) is 11.2 Å². The lowest BCUT2D eigenvalue weighted by Crippen LogP contribution is -2.39. The number of thiazole rings is 1. The van der Waals surface area contributed by atoms with Crippen molar-refractivity contribution in [2.24, 2.45) is 4.99 Å². The van der Waals surface area contributed by atoms with Gasteiger partial charge < -0.3 is 9.15 Å². The summed E-state index contributed by atoms with van der Waals surface area (Å²) < 4.78 is 13.0. The largest absolute Gasteiger partial charge is 0.463 e. The molecule has 5 rings (SSSR count). The number of furan rings is 1. The number of nitro groups is 1. The van der Waals surface area contributed by atoms with Crippen LogP contribution in [0.15, 0.2) is 80.1 Å². The van der Waals surface area contributed by atoms with Crippen molar-refractivity contribution >= 4 is 40.7 Å². The lowest BCUT2D eigenvalue weighted by Gasteiger charge is -2.24. The van der Waals surface area contributed by atoms with Crippen molar-refractivity contribution in [1.29, 1.82) is 0 Å². The monoisotopic (exact) mass is 563 g/mol. The number of halogens is 1. The number of carbonyl (C=O) groups is 1. The van der Waals surface area contributed by atoms with Gasteiger partial charge >= 0.3 is 5.97 Å². The molecule has 0 N–H and O–H groups in total. The first-order chi connectivity index (χ1) is 18.7. The number of ether oxygens (including phenoxy) is 1. The number of nitrogens with zero attached hydrogens (tertiary/aromatic N) is 3. The van der Waals surface area contributed by atoms with Crippen molar-refractivity contribution < 1.29 is 18.9 Å². The van der Waals surface area contributed by atoms with E-state index in [0.29, 0.717) is 48.3 Å². The molecule has 39 heavy (non-hydrogen) atoms. The molecule has 0 fully saturated rings. The zero-order valence-corrected chi connectivity index (χ0v) is 22.7. The number of rotatable bonds is 6. The second-order valence-electron chi connectivity index (χ2n) is 8.81. The van der Waals surface area contributed by atoms with Gasteiger partial charge in [-0.2, -0.15) is 0 Å². The zero-order chi connectivity index (χ0) is 27.8. The van der Waals surface area contributed by atoms with Crippen LogP contribution in [0.25, 0.3) is 17.4 Å². The Kier molecular flexibility index (Phi) is 7.07. The minimum absolute atomic E-state index is 0.00580. The van der Waals surface area contributed by atoms with E-state index >= 15 is 0 Å². The third-order valence-corrected chi connectivity index (χ3v) is 7.53. The summed E-state index contributed by atoms with van der Waals surface area (Å²) >= 11 is 7.26. The van der Waals surface area contributed by atoms with Crippen LogP contribution in [0, 0.1) is 17.0 Å². The van der Waals surface area contributed by atoms with Crippen LogP contribution in [0.3, 0.4) is 0 Å². The molecule has 0 radical (unpaired) electrons. The Morgan fingerprint density at radius 3 is 2.64 bits per heavy atom. The van der Waals surface area contributed by atoms with Gasteiger partial charge in [-0.05, 0) is 50.6 Å². The number of allylic oxidation sites excluding steroid dienone is 1. The number of benzene rings is 2. The molecular formula is C28H22ClN3O6S. The lowest BCUT2D eigenvalue weighted by atomic mass is 9.96. The topological polar surface area (TPSA) is 117 Å². The molecular weight excluding hydrogens is 542 g/mol. The van der Waals surface area contributed by atoms with Gasteiger partial charge in [0.1, 0.15) is 11.5 Å². The van der Waals surface area contributed by atoms with Gasteiger partial charge in [-0.3, -0.25) is 19.5 Å². The van der Waals surface area contributed by atoms with E-state index in [-0.39, 0.29) is 23.4 Å². The standard InChI is InChI=1S/C28H22ClN3O6S/c1-4-37-27(34)24-16(3)30-28-31(25(24)17-7-9-19(29)10-8-17)26(33)23(39-28)14-20-11-12-22(38-20)18-6-5-15(2)21(13-18)32(35)36/h5-14,25H,4H2,1-3H3/b23-14-/t25-/m0/s1. The molecule has 2 aromatic carbocycles. The van der Waals surface area contributed by atoms with E-state index in [9.17, 15) is 19.7 Å². The lowest BCUT2D eigenvalue weighted by molar-refractivity contribution is -0.385. The summed E-state index contributed by atoms with van der Waals surface area (Å²) in [5.41, 5.74) is 2.16. The van der Waals surface area contributed by atoms with Crippen LogP contribution >= 0.6 is 22.9 Å². The van der Waals surface area contributed by atoms with Crippen LogP contribution in [0.5, 0.6) is 0 Å². The van der Waals surface area contributed by atoms with Crippen LogP contribution in [0.1, 0.15) is 36.8 Å². The Bertz CT molecular complexity index is 1830. The Labute approximate surface area is 231 Å². The fraction of sp³-hybridized carbons (Fsp3) is 0.179. The highest BCUT2D eigenvalue weighted by Crippen LogP contribution is 2.32. The third-order valence-electron chi connectivity index (χ3n) is 6.29. The molecule has 3 heterocycles. The molecule has 1 aliphatic heterocycles. The maximum absolute atomic E-state index is 13.7. The van der Waals surface area contributed by atoms with Crippen molar-refractivity contribution in [3.8, 4) is 11.3 Å². The van der Waals surface area contributed by atoms with Crippen LogP contribution < -0.4 is 14.9 Å². The van der Waals surface area contributed by atoms with E-state index in [0.717, 1.165) is 0 Å². The minimum atomic E-state index is -0.750. The summed E-state index contributed by atoms with van der Waals surface area (Å²) in [5, 5.41) is 11.9. The maximum atomic E-state index is 13.7. The molecule has 1 atom stereocenters. The van der Waals surface area contributed by atoms with Crippen molar-refractivity contribution in [2.75, 3.05) is 6.61 Å². The average Bonchev–Trinajstić information content (AvgIpc) is 3.48. The van der Waals surface area contributed by atoms with Crippen molar-refractivity contribution in [3.63, 3.8) is 0 Å². The third kappa shape index (κ3) is 4.96. The number of aryl methyl sites for hydroxylation is 1. The molecule has 11 heteroatoms. The first-order valence-electron chi connectivity index (χ1n) is 12.0. The second-order valence-corrected chi connectivity index (χ2v) is 10.3. The summed E-state index contributed by atoms with van der Waals surface area (Å²) in [6.45, 7) is 5.28. The summed E-state index contributed by atoms with van der Waals surface area (Å²) in [7, 11) is 0. The highest BCUT2D eigenvalue weighted by molar-refractivity contribution is 7.07. The molecule has 0 saturated heterocycles. The fourth-order valence-corrected chi connectivity index (χ4v) is 5.58. The summed E-state index contributed by atoms with van der Waals surface area (Å²) in [6, 6.07) is 14.4. The summed E-state index contributed by atoms with van der Waals surface area (Å²) in [4.78, 5) is 42.5. The molecule has 0 spiro atoms. The molecule has 2 aromatic heterocycles. The van der Waals surface area contributed by atoms with E-state index in [1.54, 1.807) is 75.4 Å². The number of fused-ring (bicyclic) bond motifs is 1. The van der Waals surface area contributed by atoms with Gasteiger partial charge in [0, 0.05) is 28.3 Å². The Hall–Kier alpha value is -4.28. The van der Waals surface area contributed by atoms with E-state index < -0.39 is 16.9 Å². The maximum Gasteiger partial charge on any atom is 0.338 e. The number of aromatic nitrogens is 1. The van der Waals surface area contributed by atoms with Crippen LogP contribution in [0.2, 0.25) is 5.02 Å². The SMILES string of the molecule is CCOC(=O)C1=C(C)N=c2s/c(=C\c3ccc(-c4ccc(C)c([N+](=O)[O-])c4)o3)c(=O)n2[C@H]1c1ccc(Cl)cc1. The van der Waals surface area contributed by atoms with Gasteiger partial charge in [0.2, 0.25) is 0 Å². The first-order valence-corrected chi connectivity index (χ1v) is 13.2. The molecule has 1 aliphatic rings. The highest BCUT2D eigenvalue weighted by Gasteiger charge is 2.33. The average molecular weight is 564 g/mol. The molecule has 4 aromatic rings.